The maximum absolute atomic E-state index is 12.3. The van der Waals surface area contributed by atoms with Crippen LogP contribution in [0.15, 0.2) is 106 Å². The number of allylic oxidation sites excluding steroid dienone is 8. The molecule has 3 aliphatic rings. The Morgan fingerprint density at radius 1 is 0.902 bits per heavy atom. The van der Waals surface area contributed by atoms with Gasteiger partial charge in [-0.3, -0.25) is 0 Å². The smallest absolute Gasteiger partial charge is 0.327 e. The SMILES string of the molecule is CCCC[n+]1cc(S([O-])([O-])[O-])cc2c1N=C(/C=C/C1=C(c3cccc(OCCCCO)c3)C(=C/C=C3/N(CCCCS(=O)(=O)[O-])c4ccc(C)cc4C3(C)C)/CCC1)C2(C)C. The first-order valence-electron chi connectivity index (χ1n) is 21.5. The average molecular weight is 871 g/mol. The monoisotopic (exact) mass is 870 g/mol. The molecule has 1 N–H and O–H groups in total. The Hall–Kier alpha value is -4.08. The Balaban J connectivity index is 1.44. The van der Waals surface area contributed by atoms with E-state index in [-0.39, 0.29) is 29.1 Å². The van der Waals surface area contributed by atoms with Gasteiger partial charge in [0.05, 0.1) is 40.4 Å². The molecular weight excluding hydrogens is 811 g/mol. The van der Waals surface area contributed by atoms with Gasteiger partial charge in [0.25, 0.3) is 0 Å². The molecule has 2 aromatic carbocycles. The molecule has 1 aliphatic carbocycles. The summed E-state index contributed by atoms with van der Waals surface area (Å²) in [7, 11) is -9.00. The van der Waals surface area contributed by atoms with Crippen LogP contribution in [0.25, 0.3) is 5.57 Å². The van der Waals surface area contributed by atoms with Crippen LogP contribution in [-0.2, 0) is 27.5 Å². The van der Waals surface area contributed by atoms with Crippen molar-refractivity contribution in [2.24, 2.45) is 4.99 Å². The Labute approximate surface area is 364 Å². The van der Waals surface area contributed by atoms with Gasteiger partial charge in [0, 0.05) is 35.7 Å². The molecule has 0 radical (unpaired) electrons. The van der Waals surface area contributed by atoms with Crippen molar-refractivity contribution in [3.63, 3.8) is 0 Å². The molecule has 6 rings (SSSR count). The number of aliphatic hydroxyl groups excluding tert-OH is 1. The van der Waals surface area contributed by atoms with Crippen molar-refractivity contribution < 1.29 is 41.0 Å². The summed E-state index contributed by atoms with van der Waals surface area (Å²) < 4.78 is 79.0. The van der Waals surface area contributed by atoms with Crippen LogP contribution in [0.2, 0.25) is 0 Å². The Morgan fingerprint density at radius 2 is 1.69 bits per heavy atom. The number of fused-ring (bicyclic) bond motifs is 2. The number of aryl methyl sites for hydroxylation is 2. The molecule has 2 aliphatic heterocycles. The number of aliphatic hydroxyl groups is 1. The van der Waals surface area contributed by atoms with E-state index in [1.54, 1.807) is 4.57 Å². The van der Waals surface area contributed by atoms with Crippen molar-refractivity contribution in [1.82, 2.24) is 0 Å². The van der Waals surface area contributed by atoms with Gasteiger partial charge in [0.15, 0.2) is 5.71 Å². The summed E-state index contributed by atoms with van der Waals surface area (Å²) in [5.74, 6) is 1.01. The first-order chi connectivity index (χ1) is 28.8. The van der Waals surface area contributed by atoms with Crippen LogP contribution in [0.4, 0.5) is 11.5 Å². The summed E-state index contributed by atoms with van der Waals surface area (Å²) in [6.45, 7) is 14.3. The first-order valence-corrected chi connectivity index (χ1v) is 24.5. The summed E-state index contributed by atoms with van der Waals surface area (Å²) in [5.41, 5.74) is 9.30. The number of unbranched alkanes of at least 4 members (excludes halogenated alkanes) is 3. The fourth-order valence-corrected chi connectivity index (χ4v) is 9.76. The molecule has 0 fully saturated rings. The summed E-state index contributed by atoms with van der Waals surface area (Å²) >= 11 is 0. The third-order valence-corrected chi connectivity index (χ3v) is 13.7. The number of nitrogens with zero attached hydrogens (tertiary/aromatic N) is 3. The number of aliphatic imine (C=N–C) groups is 1. The van der Waals surface area contributed by atoms with Gasteiger partial charge in [-0.1, -0.05) is 69.2 Å². The average Bonchev–Trinajstić information content (AvgIpc) is 3.58. The summed E-state index contributed by atoms with van der Waals surface area (Å²) in [5, 5.41) is 9.30. The minimum absolute atomic E-state index is 0.113. The van der Waals surface area contributed by atoms with Gasteiger partial charge in [0.2, 0.25) is 0 Å². The fraction of sp³-hybridized carbons (Fsp3) is 0.458. The number of anilines is 1. The van der Waals surface area contributed by atoms with Gasteiger partial charge >= 0.3 is 5.82 Å². The van der Waals surface area contributed by atoms with Crippen molar-refractivity contribution in [2.75, 3.05) is 30.4 Å². The van der Waals surface area contributed by atoms with E-state index < -0.39 is 26.4 Å². The molecule has 0 saturated carbocycles. The number of hydrogen-bond donors (Lipinski definition) is 1. The highest BCUT2D eigenvalue weighted by Gasteiger charge is 2.43. The van der Waals surface area contributed by atoms with E-state index >= 15 is 0 Å². The molecule has 3 heterocycles. The number of pyridine rings is 1. The standard InChI is InChI=1S/C48H63N3O8S2/c1-7-8-25-50-33-39(61(56,57)58)32-41-46(50)49-43(47(41,3)4)23-20-35-15-13-16-36(45(35)37-17-14-18-38(31-37)59-28-11-10-27-52)21-24-44-48(5,6)40-30-34(2)19-22-42(40)51(44)26-9-12-29-60(53,54)55/h14,17-24,30-33,52H,7-13,15-16,25-29H2,1-6H3,(H3-,53,54,55,56,57,58)/p-3. The van der Waals surface area contributed by atoms with Crippen LogP contribution in [0.5, 0.6) is 5.75 Å². The fourth-order valence-electron chi connectivity index (χ4n) is 8.68. The number of rotatable bonds is 18. The predicted octanol–water partition coefficient (Wildman–Crippen LogP) is 9.28. The molecule has 0 saturated heterocycles. The zero-order valence-electron chi connectivity index (χ0n) is 36.4. The second-order valence-corrected chi connectivity index (χ2v) is 20.3. The van der Waals surface area contributed by atoms with Crippen LogP contribution in [0.3, 0.4) is 0 Å². The van der Waals surface area contributed by atoms with Gasteiger partial charge in [-0.25, -0.2) is 13.0 Å². The largest absolute Gasteiger partial charge is 0.830 e. The lowest BCUT2D eigenvalue weighted by Gasteiger charge is -2.63. The van der Waals surface area contributed by atoms with E-state index in [1.807, 2.05) is 32.1 Å². The molecule has 1 aromatic heterocycles. The Kier molecular flexibility index (Phi) is 14.6. The van der Waals surface area contributed by atoms with E-state index in [2.05, 4.69) is 81.2 Å². The van der Waals surface area contributed by atoms with Crippen molar-refractivity contribution in [2.45, 2.75) is 122 Å². The van der Waals surface area contributed by atoms with Crippen LogP contribution >= 0.6 is 10.9 Å². The molecule has 11 nitrogen and oxygen atoms in total. The van der Waals surface area contributed by atoms with Gasteiger partial charge in [-0.05, 0) is 146 Å². The van der Waals surface area contributed by atoms with E-state index in [4.69, 9.17) is 9.73 Å². The van der Waals surface area contributed by atoms with Gasteiger partial charge in [-0.2, -0.15) is 0 Å². The molecule has 0 atom stereocenters. The minimum Gasteiger partial charge on any atom is -0.830 e. The van der Waals surface area contributed by atoms with Crippen molar-refractivity contribution >= 4 is 43.8 Å². The van der Waals surface area contributed by atoms with Crippen molar-refractivity contribution in [3.05, 3.63) is 118 Å². The Morgan fingerprint density at radius 3 is 2.41 bits per heavy atom. The highest BCUT2D eigenvalue weighted by atomic mass is 32.3. The summed E-state index contributed by atoms with van der Waals surface area (Å²) in [4.78, 5) is 7.10. The molecular formula is C48H60N3O8S2-3. The van der Waals surface area contributed by atoms with Crippen LogP contribution in [-0.4, -0.2) is 63.0 Å². The zero-order valence-corrected chi connectivity index (χ0v) is 38.0. The highest BCUT2D eigenvalue weighted by Crippen LogP contribution is 2.50. The lowest BCUT2D eigenvalue weighted by molar-refractivity contribution is -0.686. The second kappa shape index (κ2) is 19.1. The van der Waals surface area contributed by atoms with Crippen molar-refractivity contribution in [3.8, 4) is 5.75 Å². The third-order valence-electron chi connectivity index (χ3n) is 12.1. The lowest BCUT2D eigenvalue weighted by Crippen LogP contribution is -2.36. The zero-order chi connectivity index (χ0) is 44.2. The Bertz CT molecular complexity index is 2370. The number of aromatic nitrogens is 1. The molecule has 13 heteroatoms. The quantitative estimate of drug-likeness (QED) is 0.0742. The highest BCUT2D eigenvalue weighted by molar-refractivity contribution is 8.19. The maximum atomic E-state index is 12.3. The second-order valence-electron chi connectivity index (χ2n) is 17.4. The van der Waals surface area contributed by atoms with Crippen LogP contribution < -0.4 is 14.2 Å². The molecule has 330 valence electrons. The number of ether oxygens (including phenoxy) is 1. The van der Waals surface area contributed by atoms with Gasteiger partial charge in [0.1, 0.15) is 5.75 Å². The van der Waals surface area contributed by atoms with E-state index in [0.29, 0.717) is 43.9 Å². The summed E-state index contributed by atoms with van der Waals surface area (Å²) in [6, 6.07) is 16.0. The van der Waals surface area contributed by atoms with Crippen LogP contribution in [0, 0.1) is 6.92 Å². The minimum atomic E-state index is -4.69. The van der Waals surface area contributed by atoms with Crippen LogP contribution in [0.1, 0.15) is 115 Å². The molecule has 0 bridgehead atoms. The number of benzene rings is 2. The predicted molar refractivity (Wildman–Crippen MR) is 240 cm³/mol. The number of hydrogen-bond acceptors (Lipinski definition) is 10. The normalized spacial score (nSPS) is 18.9. The molecule has 3 aromatic rings. The first kappa shape index (κ1) is 46.4. The summed E-state index contributed by atoms with van der Waals surface area (Å²) in [6.07, 6.45) is 16.5. The molecule has 0 spiro atoms. The topological polar surface area (TPSA) is 175 Å². The third kappa shape index (κ3) is 10.8. The van der Waals surface area contributed by atoms with E-state index in [0.717, 1.165) is 89.2 Å². The molecule has 0 amide bonds. The van der Waals surface area contributed by atoms with Gasteiger partial charge in [-0.15, -0.1) is 0 Å². The van der Waals surface area contributed by atoms with E-state index in [1.165, 1.54) is 17.8 Å². The maximum Gasteiger partial charge on any atom is 0.327 e. The lowest BCUT2D eigenvalue weighted by atomic mass is 9.80. The molecule has 0 unspecified atom stereocenters. The van der Waals surface area contributed by atoms with E-state index in [9.17, 15) is 31.7 Å². The molecule has 61 heavy (non-hydrogen) atoms. The van der Waals surface area contributed by atoms with Gasteiger partial charge < -0.3 is 43.8 Å². The van der Waals surface area contributed by atoms with Crippen molar-refractivity contribution in [1.29, 1.82) is 0 Å².